The molecule has 1 aromatic heterocycles. The van der Waals surface area contributed by atoms with Gasteiger partial charge in [-0.15, -0.1) is 11.3 Å². The van der Waals surface area contributed by atoms with Gasteiger partial charge < -0.3 is 21.3 Å². The summed E-state index contributed by atoms with van der Waals surface area (Å²) in [6, 6.07) is 3.22. The van der Waals surface area contributed by atoms with Crippen LogP contribution in [-0.4, -0.2) is 43.0 Å². The van der Waals surface area contributed by atoms with E-state index in [0.29, 0.717) is 6.04 Å². The first-order valence-corrected chi connectivity index (χ1v) is 8.02. The SMILES string of the molecule is CN[C@@H]1CCCN(C(=O)C[C@H](NC(N)=O)c2cccs2)C1. The zero-order chi connectivity index (χ0) is 15.2. The Morgan fingerprint density at radius 3 is 3.00 bits per heavy atom. The highest BCUT2D eigenvalue weighted by Gasteiger charge is 2.26. The van der Waals surface area contributed by atoms with Crippen LogP contribution in [0, 0.1) is 0 Å². The summed E-state index contributed by atoms with van der Waals surface area (Å²) in [6.45, 7) is 1.51. The fraction of sp³-hybridized carbons (Fsp3) is 0.571. The van der Waals surface area contributed by atoms with Crippen LogP contribution in [0.2, 0.25) is 0 Å². The van der Waals surface area contributed by atoms with E-state index < -0.39 is 6.03 Å². The van der Waals surface area contributed by atoms with Crippen LogP contribution in [0.5, 0.6) is 0 Å². The highest BCUT2D eigenvalue weighted by atomic mass is 32.1. The van der Waals surface area contributed by atoms with Crippen molar-refractivity contribution in [3.8, 4) is 0 Å². The second-order valence-electron chi connectivity index (χ2n) is 5.25. The first-order chi connectivity index (χ1) is 10.1. The molecule has 0 aliphatic carbocycles. The van der Waals surface area contributed by atoms with Crippen molar-refractivity contribution < 1.29 is 9.59 Å². The topological polar surface area (TPSA) is 87.5 Å². The molecule has 1 saturated heterocycles. The molecule has 3 amide bonds. The number of nitrogens with zero attached hydrogens (tertiary/aromatic N) is 1. The molecule has 2 atom stereocenters. The third-order valence-electron chi connectivity index (χ3n) is 3.76. The zero-order valence-corrected chi connectivity index (χ0v) is 13.0. The molecule has 0 aromatic carbocycles. The number of nitrogens with two attached hydrogens (primary N) is 1. The van der Waals surface area contributed by atoms with Gasteiger partial charge in [-0.3, -0.25) is 4.79 Å². The molecule has 1 aliphatic heterocycles. The minimum Gasteiger partial charge on any atom is -0.352 e. The lowest BCUT2D eigenvalue weighted by Crippen LogP contribution is -2.48. The molecule has 0 unspecified atom stereocenters. The van der Waals surface area contributed by atoms with E-state index in [-0.39, 0.29) is 18.4 Å². The third-order valence-corrected chi connectivity index (χ3v) is 4.75. The van der Waals surface area contributed by atoms with Gasteiger partial charge in [-0.1, -0.05) is 6.07 Å². The number of urea groups is 1. The van der Waals surface area contributed by atoms with E-state index >= 15 is 0 Å². The number of thiophene rings is 1. The molecule has 0 radical (unpaired) electrons. The molecule has 0 saturated carbocycles. The van der Waals surface area contributed by atoms with Crippen LogP contribution in [0.25, 0.3) is 0 Å². The highest BCUT2D eigenvalue weighted by molar-refractivity contribution is 7.10. The predicted octanol–water partition coefficient (Wildman–Crippen LogP) is 1.06. The van der Waals surface area contributed by atoms with E-state index in [0.717, 1.165) is 30.8 Å². The van der Waals surface area contributed by atoms with Crippen LogP contribution in [-0.2, 0) is 4.79 Å². The van der Waals surface area contributed by atoms with Crippen molar-refractivity contribution in [2.45, 2.75) is 31.3 Å². The molecular weight excluding hydrogens is 288 g/mol. The van der Waals surface area contributed by atoms with Crippen LogP contribution in [0.1, 0.15) is 30.2 Å². The summed E-state index contributed by atoms with van der Waals surface area (Å²) in [5.41, 5.74) is 5.22. The van der Waals surface area contributed by atoms with Gasteiger partial charge in [0.1, 0.15) is 0 Å². The van der Waals surface area contributed by atoms with Gasteiger partial charge in [0, 0.05) is 24.0 Å². The molecule has 0 bridgehead atoms. The maximum Gasteiger partial charge on any atom is 0.312 e. The van der Waals surface area contributed by atoms with Crippen molar-refractivity contribution in [2.75, 3.05) is 20.1 Å². The Kier molecular flexibility index (Phi) is 5.58. The lowest BCUT2D eigenvalue weighted by atomic mass is 10.0. The molecule has 2 rings (SSSR count). The highest BCUT2D eigenvalue weighted by Crippen LogP contribution is 2.23. The molecule has 2 heterocycles. The zero-order valence-electron chi connectivity index (χ0n) is 12.2. The Bertz CT molecular complexity index is 477. The first-order valence-electron chi connectivity index (χ1n) is 7.14. The lowest BCUT2D eigenvalue weighted by Gasteiger charge is -2.33. The second kappa shape index (κ2) is 7.42. The average Bonchev–Trinajstić information content (AvgIpc) is 3.00. The first kappa shape index (κ1) is 15.8. The number of carbonyl (C=O) groups is 2. The number of carbonyl (C=O) groups excluding carboxylic acids is 2. The van der Waals surface area contributed by atoms with E-state index in [9.17, 15) is 9.59 Å². The molecule has 116 valence electrons. The van der Waals surface area contributed by atoms with Crippen molar-refractivity contribution >= 4 is 23.3 Å². The fourth-order valence-corrected chi connectivity index (χ4v) is 3.40. The number of piperidine rings is 1. The number of nitrogens with one attached hydrogen (secondary N) is 2. The number of hydrogen-bond donors (Lipinski definition) is 3. The Balaban J connectivity index is 1.99. The summed E-state index contributed by atoms with van der Waals surface area (Å²) in [6.07, 6.45) is 2.35. The summed E-state index contributed by atoms with van der Waals surface area (Å²) in [5, 5.41) is 7.81. The summed E-state index contributed by atoms with van der Waals surface area (Å²) in [5.74, 6) is 0.0575. The second-order valence-corrected chi connectivity index (χ2v) is 6.23. The van der Waals surface area contributed by atoms with Crippen LogP contribution in [0.3, 0.4) is 0 Å². The maximum atomic E-state index is 12.5. The van der Waals surface area contributed by atoms with Gasteiger partial charge in [0.25, 0.3) is 0 Å². The standard InChI is InChI=1S/C14H22N4O2S/c1-16-10-4-2-6-18(9-10)13(19)8-11(17-14(15)20)12-5-3-7-21-12/h3,5,7,10-11,16H,2,4,6,8-9H2,1H3,(H3,15,17,20)/t10-,11+/m1/s1. The smallest absolute Gasteiger partial charge is 0.312 e. The normalized spacial score (nSPS) is 20.0. The van der Waals surface area contributed by atoms with Crippen LogP contribution < -0.4 is 16.4 Å². The van der Waals surface area contributed by atoms with Crippen molar-refractivity contribution in [1.29, 1.82) is 0 Å². The van der Waals surface area contributed by atoms with Crippen LogP contribution >= 0.6 is 11.3 Å². The molecule has 7 heteroatoms. The molecule has 21 heavy (non-hydrogen) atoms. The number of hydrogen-bond acceptors (Lipinski definition) is 4. The Hall–Kier alpha value is -1.60. The third kappa shape index (κ3) is 4.44. The van der Waals surface area contributed by atoms with Gasteiger partial charge in [0.2, 0.25) is 5.91 Å². The Morgan fingerprint density at radius 1 is 1.57 bits per heavy atom. The van der Waals surface area contributed by atoms with Crippen LogP contribution in [0.4, 0.5) is 4.79 Å². The number of rotatable bonds is 5. The monoisotopic (exact) mass is 310 g/mol. The summed E-state index contributed by atoms with van der Waals surface area (Å²) in [4.78, 5) is 26.4. The van der Waals surface area contributed by atoms with Crippen molar-refractivity contribution in [3.63, 3.8) is 0 Å². The molecule has 1 aliphatic rings. The van der Waals surface area contributed by atoms with Gasteiger partial charge in [0.05, 0.1) is 12.5 Å². The molecule has 0 spiro atoms. The number of likely N-dealkylation sites (N-methyl/N-ethyl adjacent to an activating group) is 1. The van der Waals surface area contributed by atoms with Crippen LogP contribution in [0.15, 0.2) is 17.5 Å². The molecular formula is C14H22N4O2S. The maximum absolute atomic E-state index is 12.5. The van der Waals surface area contributed by atoms with E-state index in [2.05, 4.69) is 10.6 Å². The quantitative estimate of drug-likeness (QED) is 0.760. The Morgan fingerprint density at radius 2 is 2.38 bits per heavy atom. The summed E-state index contributed by atoms with van der Waals surface area (Å²) >= 11 is 1.51. The summed E-state index contributed by atoms with van der Waals surface area (Å²) in [7, 11) is 1.92. The molecule has 1 fully saturated rings. The van der Waals surface area contributed by atoms with E-state index in [4.69, 9.17) is 5.73 Å². The van der Waals surface area contributed by atoms with Gasteiger partial charge in [-0.2, -0.15) is 0 Å². The minimum absolute atomic E-state index is 0.0575. The molecule has 1 aromatic rings. The van der Waals surface area contributed by atoms with E-state index in [1.165, 1.54) is 11.3 Å². The van der Waals surface area contributed by atoms with E-state index in [1.807, 2.05) is 29.5 Å². The van der Waals surface area contributed by atoms with Crippen molar-refractivity contribution in [3.05, 3.63) is 22.4 Å². The number of amides is 3. The predicted molar refractivity (Wildman–Crippen MR) is 83.1 cm³/mol. The van der Waals surface area contributed by atoms with Gasteiger partial charge in [0.15, 0.2) is 0 Å². The minimum atomic E-state index is -0.604. The molecule has 6 nitrogen and oxygen atoms in total. The van der Waals surface area contributed by atoms with Gasteiger partial charge in [-0.05, 0) is 31.3 Å². The van der Waals surface area contributed by atoms with Crippen molar-refractivity contribution in [1.82, 2.24) is 15.5 Å². The number of likely N-dealkylation sites (tertiary alicyclic amines) is 1. The average molecular weight is 310 g/mol. The largest absolute Gasteiger partial charge is 0.352 e. The Labute approximate surface area is 128 Å². The van der Waals surface area contributed by atoms with E-state index in [1.54, 1.807) is 0 Å². The van der Waals surface area contributed by atoms with Gasteiger partial charge >= 0.3 is 6.03 Å². The summed E-state index contributed by atoms with van der Waals surface area (Å²) < 4.78 is 0. The molecule has 4 N–H and O–H groups in total. The van der Waals surface area contributed by atoms with Gasteiger partial charge in [-0.25, -0.2) is 4.79 Å². The number of primary amides is 1. The lowest BCUT2D eigenvalue weighted by molar-refractivity contribution is -0.133. The fourth-order valence-electron chi connectivity index (χ4n) is 2.63. The van der Waals surface area contributed by atoms with Crippen molar-refractivity contribution in [2.24, 2.45) is 5.73 Å².